The van der Waals surface area contributed by atoms with E-state index in [9.17, 15) is 14.3 Å². The molecule has 0 aliphatic rings. The summed E-state index contributed by atoms with van der Waals surface area (Å²) in [5, 5.41) is 13.9. The SMILES string of the molecule is O=C(CO/N=C\c1cc(Br)ccc1O)N(Cc1ccccc1)[C@@H](Cc1ccccc1)c1ccc(F)cc1. The van der Waals surface area contributed by atoms with Crippen molar-refractivity contribution in [2.24, 2.45) is 5.16 Å². The van der Waals surface area contributed by atoms with Crippen molar-refractivity contribution >= 4 is 28.1 Å². The second-order valence-corrected chi connectivity index (χ2v) is 9.39. The van der Waals surface area contributed by atoms with Crippen molar-refractivity contribution in [1.82, 2.24) is 4.90 Å². The van der Waals surface area contributed by atoms with Gasteiger partial charge in [0.25, 0.3) is 5.91 Å². The van der Waals surface area contributed by atoms with Crippen LogP contribution in [-0.4, -0.2) is 28.7 Å². The van der Waals surface area contributed by atoms with Crippen LogP contribution in [0.3, 0.4) is 0 Å². The molecule has 4 aromatic rings. The predicted octanol–water partition coefficient (Wildman–Crippen LogP) is 6.66. The fraction of sp³-hybridized carbons (Fsp3) is 0.133. The van der Waals surface area contributed by atoms with Gasteiger partial charge in [-0.3, -0.25) is 4.79 Å². The van der Waals surface area contributed by atoms with Gasteiger partial charge < -0.3 is 14.8 Å². The quantitative estimate of drug-likeness (QED) is 0.174. The standard InChI is InChI=1S/C30H26BrFN2O3/c31-26-13-16-29(35)25(18-26)19-33-37-21-30(36)34(20-23-9-5-2-6-10-23)28(17-22-7-3-1-4-8-22)24-11-14-27(32)15-12-24/h1-16,18-19,28,35H,17,20-21H2/b33-19-/t28-/m0/s1. The van der Waals surface area contributed by atoms with Crippen LogP contribution in [0.25, 0.3) is 0 Å². The summed E-state index contributed by atoms with van der Waals surface area (Å²) in [5.41, 5.74) is 3.28. The monoisotopic (exact) mass is 560 g/mol. The first-order valence-electron chi connectivity index (χ1n) is 11.8. The molecule has 1 amide bonds. The molecular formula is C30H26BrFN2O3. The number of benzene rings is 4. The first-order valence-corrected chi connectivity index (χ1v) is 12.6. The molecule has 0 unspecified atom stereocenters. The summed E-state index contributed by atoms with van der Waals surface area (Å²) in [6.45, 7) is 0.0403. The van der Waals surface area contributed by atoms with Crippen LogP contribution < -0.4 is 0 Å². The highest BCUT2D eigenvalue weighted by Crippen LogP contribution is 2.28. The lowest BCUT2D eigenvalue weighted by atomic mass is 9.96. The van der Waals surface area contributed by atoms with Crippen LogP contribution in [0.1, 0.15) is 28.3 Å². The van der Waals surface area contributed by atoms with E-state index in [1.165, 1.54) is 24.4 Å². The van der Waals surface area contributed by atoms with Gasteiger partial charge in [-0.2, -0.15) is 0 Å². The second-order valence-electron chi connectivity index (χ2n) is 8.48. The third-order valence-electron chi connectivity index (χ3n) is 5.86. The van der Waals surface area contributed by atoms with Gasteiger partial charge in [-0.15, -0.1) is 0 Å². The fourth-order valence-corrected chi connectivity index (χ4v) is 4.36. The lowest BCUT2D eigenvalue weighted by molar-refractivity contribution is -0.139. The van der Waals surface area contributed by atoms with Gasteiger partial charge in [-0.25, -0.2) is 4.39 Å². The molecule has 0 aliphatic carbocycles. The van der Waals surface area contributed by atoms with E-state index >= 15 is 0 Å². The lowest BCUT2D eigenvalue weighted by Gasteiger charge is -2.32. The predicted molar refractivity (Wildman–Crippen MR) is 146 cm³/mol. The molecule has 1 atom stereocenters. The average molecular weight is 561 g/mol. The van der Waals surface area contributed by atoms with Crippen molar-refractivity contribution in [3.8, 4) is 5.75 Å². The van der Waals surface area contributed by atoms with E-state index in [0.29, 0.717) is 18.5 Å². The minimum absolute atomic E-state index is 0.0480. The van der Waals surface area contributed by atoms with E-state index in [-0.39, 0.29) is 30.1 Å². The van der Waals surface area contributed by atoms with Gasteiger partial charge in [-0.1, -0.05) is 93.9 Å². The summed E-state index contributed by atoms with van der Waals surface area (Å²) in [4.78, 5) is 20.6. The molecule has 0 bridgehead atoms. The Kier molecular flexibility index (Phi) is 9.05. The number of carbonyl (C=O) groups is 1. The molecule has 0 heterocycles. The van der Waals surface area contributed by atoms with Gasteiger partial charge in [0.1, 0.15) is 11.6 Å². The number of nitrogens with zero attached hydrogens (tertiary/aromatic N) is 2. The highest BCUT2D eigenvalue weighted by atomic mass is 79.9. The van der Waals surface area contributed by atoms with Crippen molar-refractivity contribution in [3.63, 3.8) is 0 Å². The van der Waals surface area contributed by atoms with E-state index in [4.69, 9.17) is 4.84 Å². The number of hydrogen-bond donors (Lipinski definition) is 1. The summed E-state index contributed by atoms with van der Waals surface area (Å²) in [6.07, 6.45) is 1.90. The maximum atomic E-state index is 13.7. The van der Waals surface area contributed by atoms with Gasteiger partial charge in [-0.05, 0) is 53.4 Å². The Bertz CT molecular complexity index is 1330. The number of amides is 1. The average Bonchev–Trinajstić information content (AvgIpc) is 2.92. The largest absolute Gasteiger partial charge is 0.507 e. The molecule has 5 nitrogen and oxygen atoms in total. The molecule has 0 saturated carbocycles. The van der Waals surface area contributed by atoms with Crippen LogP contribution in [0.5, 0.6) is 5.75 Å². The Balaban J connectivity index is 1.59. The van der Waals surface area contributed by atoms with Gasteiger partial charge >= 0.3 is 0 Å². The van der Waals surface area contributed by atoms with Gasteiger partial charge in [0.2, 0.25) is 0 Å². The molecule has 1 N–H and O–H groups in total. The minimum atomic E-state index is -0.364. The van der Waals surface area contributed by atoms with E-state index in [1.54, 1.807) is 29.2 Å². The van der Waals surface area contributed by atoms with Crippen molar-refractivity contribution in [3.05, 3.63) is 136 Å². The summed E-state index contributed by atoms with van der Waals surface area (Å²) < 4.78 is 14.5. The number of aromatic hydroxyl groups is 1. The summed E-state index contributed by atoms with van der Waals surface area (Å²) in [7, 11) is 0. The maximum Gasteiger partial charge on any atom is 0.264 e. The highest BCUT2D eigenvalue weighted by molar-refractivity contribution is 9.10. The minimum Gasteiger partial charge on any atom is -0.507 e. The number of hydrogen-bond acceptors (Lipinski definition) is 4. The van der Waals surface area contributed by atoms with Gasteiger partial charge in [0, 0.05) is 16.6 Å². The zero-order chi connectivity index (χ0) is 26.0. The molecule has 0 fully saturated rings. The second kappa shape index (κ2) is 12.8. The molecule has 0 aliphatic heterocycles. The Hall–Kier alpha value is -3.97. The van der Waals surface area contributed by atoms with Crippen LogP contribution in [-0.2, 0) is 22.6 Å². The Morgan fingerprint density at radius 3 is 2.27 bits per heavy atom. The number of oxime groups is 1. The third kappa shape index (κ3) is 7.51. The van der Waals surface area contributed by atoms with Crippen LogP contribution in [0.4, 0.5) is 4.39 Å². The third-order valence-corrected chi connectivity index (χ3v) is 6.36. The first-order chi connectivity index (χ1) is 18.0. The first kappa shape index (κ1) is 26.1. The lowest BCUT2D eigenvalue weighted by Crippen LogP contribution is -2.37. The zero-order valence-electron chi connectivity index (χ0n) is 20.0. The molecule has 7 heteroatoms. The Labute approximate surface area is 224 Å². The summed E-state index contributed by atoms with van der Waals surface area (Å²) in [6, 6.07) is 30.4. The Morgan fingerprint density at radius 1 is 0.946 bits per heavy atom. The number of halogens is 2. The molecule has 0 saturated heterocycles. The molecule has 0 radical (unpaired) electrons. The van der Waals surface area contributed by atoms with E-state index in [2.05, 4.69) is 21.1 Å². The van der Waals surface area contributed by atoms with Crippen molar-refractivity contribution < 1.29 is 19.1 Å². The van der Waals surface area contributed by atoms with E-state index in [1.807, 2.05) is 60.7 Å². The number of carbonyl (C=O) groups excluding carboxylic acids is 1. The molecule has 37 heavy (non-hydrogen) atoms. The zero-order valence-corrected chi connectivity index (χ0v) is 21.6. The van der Waals surface area contributed by atoms with Crippen molar-refractivity contribution in [2.45, 2.75) is 19.0 Å². The summed E-state index contributed by atoms with van der Waals surface area (Å²) >= 11 is 3.35. The molecule has 4 aromatic carbocycles. The van der Waals surface area contributed by atoms with E-state index in [0.717, 1.165) is 21.2 Å². The highest BCUT2D eigenvalue weighted by Gasteiger charge is 2.26. The van der Waals surface area contributed by atoms with Crippen molar-refractivity contribution in [1.29, 1.82) is 0 Å². The van der Waals surface area contributed by atoms with Crippen LogP contribution in [0, 0.1) is 5.82 Å². The molecular weight excluding hydrogens is 535 g/mol. The van der Waals surface area contributed by atoms with Crippen molar-refractivity contribution in [2.75, 3.05) is 6.61 Å². The fourth-order valence-electron chi connectivity index (χ4n) is 3.98. The van der Waals surface area contributed by atoms with Gasteiger partial charge in [0.05, 0.1) is 12.3 Å². The van der Waals surface area contributed by atoms with E-state index < -0.39 is 0 Å². The normalized spacial score (nSPS) is 11.8. The Morgan fingerprint density at radius 2 is 1.59 bits per heavy atom. The number of phenolic OH excluding ortho intramolecular Hbond substituents is 1. The number of phenols is 1. The van der Waals surface area contributed by atoms with Crippen LogP contribution in [0.2, 0.25) is 0 Å². The van der Waals surface area contributed by atoms with Gasteiger partial charge in [0.15, 0.2) is 6.61 Å². The molecule has 0 aromatic heterocycles. The topological polar surface area (TPSA) is 62.1 Å². The molecule has 188 valence electrons. The molecule has 4 rings (SSSR count). The maximum absolute atomic E-state index is 13.7. The summed E-state index contributed by atoms with van der Waals surface area (Å²) in [5.74, 6) is -0.562. The molecule has 0 spiro atoms. The smallest absolute Gasteiger partial charge is 0.264 e. The van der Waals surface area contributed by atoms with Crippen LogP contribution in [0.15, 0.2) is 113 Å². The number of rotatable bonds is 10. The van der Waals surface area contributed by atoms with Crippen LogP contribution >= 0.6 is 15.9 Å².